The van der Waals surface area contributed by atoms with Gasteiger partial charge < -0.3 is 20.7 Å². The van der Waals surface area contributed by atoms with Gasteiger partial charge in [0.25, 0.3) is 5.91 Å². The average molecular weight is 556 g/mol. The number of Topliss-reactive ketones (excluding diaryl/α,β-unsaturated/α-hetero) is 1. The number of carbonyl (C=O) groups is 2. The highest BCUT2D eigenvalue weighted by Crippen LogP contribution is 2.45. The van der Waals surface area contributed by atoms with Crippen molar-refractivity contribution in [3.05, 3.63) is 53.6 Å². The number of nitrogen functional groups attached to an aromatic ring is 1. The van der Waals surface area contributed by atoms with Crippen LogP contribution < -0.4 is 5.73 Å². The fourth-order valence-corrected chi connectivity index (χ4v) is 5.95. The first-order chi connectivity index (χ1) is 19.0. The Morgan fingerprint density at radius 2 is 1.90 bits per heavy atom. The summed E-state index contributed by atoms with van der Waals surface area (Å²) in [5.41, 5.74) is 7.83. The molecule has 4 aromatic rings. The quantitative estimate of drug-likeness (QED) is 0.314. The molecule has 0 aliphatic carbocycles. The lowest BCUT2D eigenvalue weighted by Gasteiger charge is -2.38. The van der Waals surface area contributed by atoms with E-state index in [1.54, 1.807) is 0 Å². The Hall–Kier alpha value is -4.40. The summed E-state index contributed by atoms with van der Waals surface area (Å²) in [6.07, 6.45) is -0.822. The lowest BCUT2D eigenvalue weighted by atomic mass is 9.85. The fraction of sp³-hybridized carbons (Fsp3) is 0.400. The maximum atomic E-state index is 13.1. The van der Waals surface area contributed by atoms with Crippen molar-refractivity contribution in [2.24, 2.45) is 0 Å². The van der Waals surface area contributed by atoms with Crippen molar-refractivity contribution in [3.63, 3.8) is 0 Å². The molecule has 0 aromatic carbocycles. The number of H-pyrrole nitrogens is 1. The van der Waals surface area contributed by atoms with Gasteiger partial charge in [0.15, 0.2) is 17.5 Å². The van der Waals surface area contributed by atoms with Gasteiger partial charge in [-0.2, -0.15) is 22.8 Å². The van der Waals surface area contributed by atoms with Gasteiger partial charge in [-0.1, -0.05) is 6.07 Å². The van der Waals surface area contributed by atoms with Gasteiger partial charge in [0.2, 0.25) is 5.82 Å². The van der Waals surface area contributed by atoms with Crippen LogP contribution in [0.1, 0.15) is 77.0 Å². The van der Waals surface area contributed by atoms with E-state index in [9.17, 15) is 27.9 Å². The number of amides is 1. The minimum Gasteiger partial charge on any atom is -0.383 e. The number of alkyl halides is 3. The Morgan fingerprint density at radius 3 is 2.48 bits per heavy atom. The zero-order valence-corrected chi connectivity index (χ0v) is 21.1. The number of aliphatic hydroxyl groups is 1. The highest BCUT2D eigenvalue weighted by Gasteiger charge is 2.46. The number of pyridine rings is 1. The molecule has 2 aliphatic heterocycles. The molecule has 2 aliphatic rings. The molecule has 208 valence electrons. The van der Waals surface area contributed by atoms with Gasteiger partial charge in [0.05, 0.1) is 23.1 Å². The third kappa shape index (κ3) is 4.16. The van der Waals surface area contributed by atoms with Gasteiger partial charge >= 0.3 is 6.18 Å². The second kappa shape index (κ2) is 9.36. The maximum absolute atomic E-state index is 13.1. The number of nitrogens with one attached hydrogen (secondary N) is 1. The molecule has 0 radical (unpaired) electrons. The molecule has 4 N–H and O–H groups in total. The predicted molar refractivity (Wildman–Crippen MR) is 133 cm³/mol. The van der Waals surface area contributed by atoms with E-state index in [2.05, 4.69) is 25.3 Å². The summed E-state index contributed by atoms with van der Waals surface area (Å²) in [6, 6.07) is 2.31. The summed E-state index contributed by atoms with van der Waals surface area (Å²) < 4.78 is 40.0. The number of fused-ring (bicyclic) bond motifs is 3. The molecular formula is C25H24F3N9O3. The topological polar surface area (TPSA) is 168 Å². The van der Waals surface area contributed by atoms with Gasteiger partial charge in [0.1, 0.15) is 12.1 Å². The Morgan fingerprint density at radius 1 is 1.18 bits per heavy atom. The molecule has 4 aromatic heterocycles. The minimum atomic E-state index is -4.85. The van der Waals surface area contributed by atoms with Crippen molar-refractivity contribution in [1.82, 2.24) is 39.7 Å². The van der Waals surface area contributed by atoms with Crippen LogP contribution in [0.25, 0.3) is 16.8 Å². The summed E-state index contributed by atoms with van der Waals surface area (Å²) in [7, 11) is 0. The van der Waals surface area contributed by atoms with Crippen molar-refractivity contribution in [3.8, 4) is 11.1 Å². The van der Waals surface area contributed by atoms with Crippen molar-refractivity contribution in [2.75, 3.05) is 5.73 Å². The first-order valence-corrected chi connectivity index (χ1v) is 12.6. The SMILES string of the molecule is CC(=O)c1c([C@H]2C[C@H]3CC[C@@H](C2)N3C(=O)c2nnc[nH]2)nc2c(-c3ccc([C@@H](O)C(F)(F)F)nc3)cnn2c1N. The van der Waals surface area contributed by atoms with Crippen LogP contribution in [0, 0.1) is 0 Å². The van der Waals surface area contributed by atoms with E-state index in [1.807, 2.05) is 4.90 Å². The normalized spacial score (nSPS) is 21.6. The highest BCUT2D eigenvalue weighted by atomic mass is 19.4. The molecule has 12 nitrogen and oxygen atoms in total. The molecule has 0 saturated carbocycles. The van der Waals surface area contributed by atoms with E-state index in [1.165, 1.54) is 36.2 Å². The number of aliphatic hydroxyl groups excluding tert-OH is 1. The second-order valence-electron chi connectivity index (χ2n) is 10.1. The first kappa shape index (κ1) is 25.9. The van der Waals surface area contributed by atoms with Crippen molar-refractivity contribution < 1.29 is 27.9 Å². The van der Waals surface area contributed by atoms with Crippen LogP contribution in [0.4, 0.5) is 19.0 Å². The van der Waals surface area contributed by atoms with Crippen LogP contribution in [0.5, 0.6) is 0 Å². The van der Waals surface area contributed by atoms with Gasteiger partial charge in [-0.3, -0.25) is 14.6 Å². The summed E-state index contributed by atoms with van der Waals surface area (Å²) in [5, 5.41) is 21.3. The molecule has 0 unspecified atom stereocenters. The summed E-state index contributed by atoms with van der Waals surface area (Å²) in [4.78, 5) is 39.1. The van der Waals surface area contributed by atoms with E-state index >= 15 is 0 Å². The fourth-order valence-electron chi connectivity index (χ4n) is 5.95. The second-order valence-corrected chi connectivity index (χ2v) is 10.1. The Balaban J connectivity index is 1.37. The number of hydrogen-bond acceptors (Lipinski definition) is 9. The number of halogens is 3. The number of carbonyl (C=O) groups excluding carboxylic acids is 2. The number of nitrogens with zero attached hydrogens (tertiary/aromatic N) is 7. The summed E-state index contributed by atoms with van der Waals surface area (Å²) in [5.74, 6) is -0.396. The van der Waals surface area contributed by atoms with E-state index in [4.69, 9.17) is 10.7 Å². The number of ketones is 1. The van der Waals surface area contributed by atoms with Crippen LogP contribution in [0.15, 0.2) is 30.9 Å². The molecule has 40 heavy (non-hydrogen) atoms. The third-order valence-corrected chi connectivity index (χ3v) is 7.72. The molecule has 6 heterocycles. The van der Waals surface area contributed by atoms with E-state index in [-0.39, 0.29) is 46.9 Å². The molecule has 2 saturated heterocycles. The number of anilines is 1. The van der Waals surface area contributed by atoms with Crippen LogP contribution in [0.2, 0.25) is 0 Å². The lowest BCUT2D eigenvalue weighted by Crippen LogP contribution is -2.46. The summed E-state index contributed by atoms with van der Waals surface area (Å²) in [6.45, 7) is 1.40. The molecule has 2 bridgehead atoms. The molecule has 15 heteroatoms. The largest absolute Gasteiger partial charge is 0.420 e. The van der Waals surface area contributed by atoms with E-state index in [0.29, 0.717) is 35.3 Å². The minimum absolute atomic E-state index is 0.0819. The molecule has 0 spiro atoms. The Bertz CT molecular complexity index is 1590. The van der Waals surface area contributed by atoms with Gasteiger partial charge in [-0.25, -0.2) is 4.98 Å². The van der Waals surface area contributed by atoms with Crippen molar-refractivity contribution in [2.45, 2.75) is 62.9 Å². The molecule has 2 fully saturated rings. The number of piperidine rings is 1. The van der Waals surface area contributed by atoms with Crippen molar-refractivity contribution >= 4 is 23.2 Å². The number of nitrogens with two attached hydrogens (primary N) is 1. The van der Waals surface area contributed by atoms with Crippen LogP contribution in [0.3, 0.4) is 0 Å². The Labute approximate surface area is 224 Å². The maximum Gasteiger partial charge on any atom is 0.420 e. The van der Waals surface area contributed by atoms with Gasteiger partial charge in [-0.15, -0.1) is 10.2 Å². The Kier molecular flexibility index (Phi) is 6.05. The van der Waals surface area contributed by atoms with Crippen LogP contribution in [-0.4, -0.2) is 74.7 Å². The first-order valence-electron chi connectivity index (χ1n) is 12.6. The third-order valence-electron chi connectivity index (χ3n) is 7.72. The molecule has 4 atom stereocenters. The zero-order valence-electron chi connectivity index (χ0n) is 21.1. The van der Waals surface area contributed by atoms with Crippen LogP contribution >= 0.6 is 0 Å². The van der Waals surface area contributed by atoms with E-state index < -0.39 is 18.0 Å². The zero-order chi connectivity index (χ0) is 28.3. The molecule has 1 amide bonds. The highest BCUT2D eigenvalue weighted by molar-refractivity contribution is 6.00. The number of rotatable bonds is 5. The lowest BCUT2D eigenvalue weighted by molar-refractivity contribution is -0.207. The predicted octanol–water partition coefficient (Wildman–Crippen LogP) is 2.84. The van der Waals surface area contributed by atoms with Crippen molar-refractivity contribution in [1.29, 1.82) is 0 Å². The standard InChI is InChI=1S/C25H24F3N9O3/c1-11(38)18-19(13-6-14-3-4-15(7-13)36(14)24(40)22-31-10-32-35-22)34-23-16(9-33-37(23)21(18)29)12-2-5-17(30-8-12)20(39)25(26,27)28/h2,5,8-10,13-15,20,39H,3-4,6-7,29H2,1H3,(H,31,32,35)/t13-,14+,15-,20-/m1/s1. The summed E-state index contributed by atoms with van der Waals surface area (Å²) >= 11 is 0. The number of aromatic nitrogens is 7. The van der Waals surface area contributed by atoms with Gasteiger partial charge in [-0.05, 0) is 38.7 Å². The molecule has 6 rings (SSSR count). The van der Waals surface area contributed by atoms with Crippen LogP contribution in [-0.2, 0) is 0 Å². The van der Waals surface area contributed by atoms with E-state index in [0.717, 1.165) is 18.9 Å². The average Bonchev–Trinajstić information content (AvgIpc) is 3.65. The number of hydrogen-bond donors (Lipinski definition) is 3. The number of aromatic amines is 1. The van der Waals surface area contributed by atoms with Gasteiger partial charge in [0, 0.05) is 35.3 Å². The molecular weight excluding hydrogens is 531 g/mol. The monoisotopic (exact) mass is 555 g/mol. The smallest absolute Gasteiger partial charge is 0.383 e.